The highest BCUT2D eigenvalue weighted by Gasteiger charge is 2.37. The number of carbonyl (C=O) groups is 2. The highest BCUT2D eigenvalue weighted by atomic mass is 32.2. The molecule has 1 aromatic heterocycles. The van der Waals surface area contributed by atoms with Gasteiger partial charge in [-0.3, -0.25) is 9.59 Å². The van der Waals surface area contributed by atoms with Gasteiger partial charge in [0.1, 0.15) is 6.04 Å². The van der Waals surface area contributed by atoms with Gasteiger partial charge in [-0.25, -0.2) is 0 Å². The van der Waals surface area contributed by atoms with Gasteiger partial charge in [-0.2, -0.15) is 0 Å². The highest BCUT2D eigenvalue weighted by molar-refractivity contribution is 7.99. The van der Waals surface area contributed by atoms with Crippen LogP contribution in [0.4, 0.5) is 5.82 Å². The normalized spacial score (nSPS) is 17.5. The molecule has 0 radical (unpaired) electrons. The van der Waals surface area contributed by atoms with E-state index in [1.807, 2.05) is 32.8 Å². The van der Waals surface area contributed by atoms with Crippen LogP contribution in [-0.4, -0.2) is 76.7 Å². The van der Waals surface area contributed by atoms with E-state index in [0.717, 1.165) is 0 Å². The predicted molar refractivity (Wildman–Crippen MR) is 91.5 cm³/mol. The molecule has 0 aromatic carbocycles. The average Bonchev–Trinajstić information content (AvgIpc) is 3.02. The minimum Gasteiger partial charge on any atom is -0.361 e. The first-order valence-corrected chi connectivity index (χ1v) is 8.64. The standard InChI is InChI=1S/C15H23N5O2S/c1-10(2)19(5)15(22)12-8-23-9-20(12)14(21)11-6-7-13(17-16-11)18(3)4/h6-7,10,12H,8-9H2,1-5H3. The van der Waals surface area contributed by atoms with Crippen LogP contribution in [0, 0.1) is 0 Å². The number of nitrogens with zero attached hydrogens (tertiary/aromatic N) is 5. The van der Waals surface area contributed by atoms with Gasteiger partial charge < -0.3 is 14.7 Å². The van der Waals surface area contributed by atoms with Crippen molar-refractivity contribution in [2.75, 3.05) is 37.7 Å². The largest absolute Gasteiger partial charge is 0.361 e. The van der Waals surface area contributed by atoms with E-state index in [4.69, 9.17) is 0 Å². The molecule has 0 bridgehead atoms. The van der Waals surface area contributed by atoms with Crippen molar-refractivity contribution in [2.45, 2.75) is 25.9 Å². The van der Waals surface area contributed by atoms with Crippen molar-refractivity contribution in [3.05, 3.63) is 17.8 Å². The summed E-state index contributed by atoms with van der Waals surface area (Å²) in [7, 11) is 5.49. The molecule has 2 heterocycles. The Balaban J connectivity index is 2.15. The first kappa shape index (κ1) is 17.5. The summed E-state index contributed by atoms with van der Waals surface area (Å²) >= 11 is 1.58. The molecule has 2 amide bonds. The topological polar surface area (TPSA) is 69.6 Å². The lowest BCUT2D eigenvalue weighted by Crippen LogP contribution is -2.49. The average molecular weight is 337 g/mol. The molecule has 1 atom stereocenters. The molecular weight excluding hydrogens is 314 g/mol. The van der Waals surface area contributed by atoms with E-state index in [2.05, 4.69) is 10.2 Å². The molecule has 1 aliphatic heterocycles. The summed E-state index contributed by atoms with van der Waals surface area (Å²) in [5.74, 6) is 1.52. The zero-order valence-corrected chi connectivity index (χ0v) is 15.0. The summed E-state index contributed by atoms with van der Waals surface area (Å²) in [5.41, 5.74) is 0.267. The van der Waals surface area contributed by atoms with Gasteiger partial charge in [0.25, 0.3) is 5.91 Å². The molecule has 0 spiro atoms. The number of likely N-dealkylation sites (N-methyl/N-ethyl adjacent to an activating group) is 1. The number of anilines is 1. The van der Waals surface area contributed by atoms with Gasteiger partial charge in [0, 0.05) is 32.9 Å². The second-order valence-electron chi connectivity index (χ2n) is 6.00. The monoisotopic (exact) mass is 337 g/mol. The fourth-order valence-corrected chi connectivity index (χ4v) is 3.31. The van der Waals surface area contributed by atoms with E-state index in [9.17, 15) is 9.59 Å². The molecular formula is C15H23N5O2S. The molecule has 23 heavy (non-hydrogen) atoms. The number of hydrogen-bond acceptors (Lipinski definition) is 6. The Morgan fingerprint density at radius 3 is 2.48 bits per heavy atom. The molecule has 0 N–H and O–H groups in total. The summed E-state index contributed by atoms with van der Waals surface area (Å²) in [6.07, 6.45) is 0. The molecule has 7 nitrogen and oxygen atoms in total. The van der Waals surface area contributed by atoms with Crippen LogP contribution in [0.15, 0.2) is 12.1 Å². The van der Waals surface area contributed by atoms with Gasteiger partial charge in [-0.05, 0) is 26.0 Å². The van der Waals surface area contributed by atoms with Crippen molar-refractivity contribution >= 4 is 29.4 Å². The Morgan fingerprint density at radius 2 is 1.96 bits per heavy atom. The molecule has 2 rings (SSSR count). The Labute approximate surface area is 141 Å². The smallest absolute Gasteiger partial charge is 0.275 e. The van der Waals surface area contributed by atoms with Crippen LogP contribution >= 0.6 is 11.8 Å². The van der Waals surface area contributed by atoms with Crippen molar-refractivity contribution in [3.63, 3.8) is 0 Å². The zero-order chi connectivity index (χ0) is 17.1. The highest BCUT2D eigenvalue weighted by Crippen LogP contribution is 2.24. The number of hydrogen-bond donors (Lipinski definition) is 0. The number of carbonyl (C=O) groups excluding carboxylic acids is 2. The van der Waals surface area contributed by atoms with Gasteiger partial charge in [0.05, 0.1) is 5.88 Å². The van der Waals surface area contributed by atoms with E-state index in [-0.39, 0.29) is 23.6 Å². The van der Waals surface area contributed by atoms with E-state index in [1.165, 1.54) is 0 Å². The molecule has 1 fully saturated rings. The van der Waals surface area contributed by atoms with E-state index in [1.54, 1.807) is 40.7 Å². The third-order valence-corrected chi connectivity index (χ3v) is 4.89. The van der Waals surface area contributed by atoms with Crippen LogP contribution in [0.3, 0.4) is 0 Å². The number of rotatable bonds is 4. The van der Waals surface area contributed by atoms with Crippen molar-refractivity contribution in [1.29, 1.82) is 0 Å². The van der Waals surface area contributed by atoms with Crippen molar-refractivity contribution in [3.8, 4) is 0 Å². The molecule has 1 aromatic rings. The van der Waals surface area contributed by atoms with Crippen molar-refractivity contribution in [2.24, 2.45) is 0 Å². The lowest BCUT2D eigenvalue weighted by molar-refractivity contribution is -0.135. The van der Waals surface area contributed by atoms with Gasteiger partial charge in [0.15, 0.2) is 11.5 Å². The fourth-order valence-electron chi connectivity index (χ4n) is 2.16. The van der Waals surface area contributed by atoms with Gasteiger partial charge in [-0.1, -0.05) is 0 Å². The molecule has 1 aliphatic rings. The predicted octanol–water partition coefficient (Wildman–Crippen LogP) is 0.924. The lowest BCUT2D eigenvalue weighted by atomic mass is 10.2. The summed E-state index contributed by atoms with van der Waals surface area (Å²) in [4.78, 5) is 30.3. The molecule has 1 unspecified atom stereocenters. The molecule has 0 aliphatic carbocycles. The molecule has 0 saturated carbocycles. The van der Waals surface area contributed by atoms with Crippen molar-refractivity contribution in [1.82, 2.24) is 20.0 Å². The van der Waals surface area contributed by atoms with Crippen LogP contribution in [0.5, 0.6) is 0 Å². The van der Waals surface area contributed by atoms with E-state index in [0.29, 0.717) is 17.4 Å². The summed E-state index contributed by atoms with van der Waals surface area (Å²) < 4.78 is 0. The van der Waals surface area contributed by atoms with Gasteiger partial charge in [0.2, 0.25) is 5.91 Å². The summed E-state index contributed by atoms with van der Waals surface area (Å²) in [6.45, 7) is 3.91. The van der Waals surface area contributed by atoms with Crippen LogP contribution in [-0.2, 0) is 4.79 Å². The third-order valence-electron chi connectivity index (χ3n) is 3.88. The Bertz CT molecular complexity index is 576. The third kappa shape index (κ3) is 3.74. The first-order chi connectivity index (χ1) is 10.8. The number of amides is 2. The van der Waals surface area contributed by atoms with E-state index >= 15 is 0 Å². The Morgan fingerprint density at radius 1 is 1.26 bits per heavy atom. The molecule has 8 heteroatoms. The van der Waals surface area contributed by atoms with Gasteiger partial charge >= 0.3 is 0 Å². The zero-order valence-electron chi connectivity index (χ0n) is 14.2. The second kappa shape index (κ2) is 7.16. The quantitative estimate of drug-likeness (QED) is 0.814. The van der Waals surface area contributed by atoms with Crippen LogP contribution in [0.2, 0.25) is 0 Å². The minimum atomic E-state index is -0.435. The summed E-state index contributed by atoms with van der Waals surface area (Å²) in [6, 6.07) is 3.07. The van der Waals surface area contributed by atoms with Gasteiger partial charge in [-0.15, -0.1) is 22.0 Å². The van der Waals surface area contributed by atoms with Crippen LogP contribution in [0.25, 0.3) is 0 Å². The second-order valence-corrected chi connectivity index (χ2v) is 7.00. The molecule has 1 saturated heterocycles. The minimum absolute atomic E-state index is 0.0313. The maximum Gasteiger partial charge on any atom is 0.275 e. The maximum absolute atomic E-state index is 12.7. The summed E-state index contributed by atoms with van der Waals surface area (Å²) in [5, 5.41) is 8.03. The Hall–Kier alpha value is -1.83. The fraction of sp³-hybridized carbons (Fsp3) is 0.600. The SMILES string of the molecule is CC(C)N(C)C(=O)C1CSCN1C(=O)c1ccc(N(C)C)nn1. The Kier molecular flexibility index (Phi) is 5.46. The maximum atomic E-state index is 12.7. The number of aromatic nitrogens is 2. The lowest BCUT2D eigenvalue weighted by Gasteiger charge is -2.29. The first-order valence-electron chi connectivity index (χ1n) is 7.49. The number of thioether (sulfide) groups is 1. The molecule has 126 valence electrons. The van der Waals surface area contributed by atoms with Crippen molar-refractivity contribution < 1.29 is 9.59 Å². The van der Waals surface area contributed by atoms with Crippen LogP contribution < -0.4 is 4.90 Å². The van der Waals surface area contributed by atoms with E-state index < -0.39 is 6.04 Å². The van der Waals surface area contributed by atoms with Crippen LogP contribution in [0.1, 0.15) is 24.3 Å².